The fourth-order valence-electron chi connectivity index (χ4n) is 1.90. The molecule has 17 heavy (non-hydrogen) atoms. The quantitative estimate of drug-likeness (QED) is 0.878. The van der Waals surface area contributed by atoms with Crippen molar-refractivity contribution >= 4 is 0 Å². The molecule has 1 N–H and O–H groups in total. The van der Waals surface area contributed by atoms with Crippen LogP contribution in [0.2, 0.25) is 0 Å². The second kappa shape index (κ2) is 6.10. The molecule has 3 nitrogen and oxygen atoms in total. The van der Waals surface area contributed by atoms with Crippen molar-refractivity contribution in [1.29, 1.82) is 0 Å². The summed E-state index contributed by atoms with van der Waals surface area (Å²) in [5, 5.41) is 9.88. The third-order valence-electron chi connectivity index (χ3n) is 2.84. The Bertz CT molecular complexity index is 350. The third kappa shape index (κ3) is 3.49. The van der Waals surface area contributed by atoms with Crippen LogP contribution in [-0.4, -0.2) is 24.6 Å². The number of aliphatic hydroxyl groups excluding tert-OH is 1. The topological polar surface area (TPSA) is 38.7 Å². The van der Waals surface area contributed by atoms with Crippen molar-refractivity contribution in [1.82, 2.24) is 0 Å². The Kier molecular flexibility index (Phi) is 4.48. The van der Waals surface area contributed by atoms with Gasteiger partial charge in [0.15, 0.2) is 6.29 Å². The lowest BCUT2D eigenvalue weighted by Crippen LogP contribution is -2.25. The van der Waals surface area contributed by atoms with E-state index in [0.29, 0.717) is 31.6 Å². The van der Waals surface area contributed by atoms with Crippen LogP contribution in [0.5, 0.6) is 0 Å². The monoisotopic (exact) mass is 240 g/mol. The zero-order chi connectivity index (χ0) is 12.1. The smallest absolute Gasteiger partial charge is 0.157 e. The van der Waals surface area contributed by atoms with Crippen molar-refractivity contribution in [3.8, 4) is 0 Å². The molecule has 1 aromatic carbocycles. The standard InChI is InChI=1S/C13H17FO3/c14-11-5-2-1-4-10(11)12(15)6-7-13-16-8-3-9-17-13/h1-2,4-5,12-13,15H,3,6-9H2/t12-/m1/s1. The van der Waals surface area contributed by atoms with E-state index >= 15 is 0 Å². The van der Waals surface area contributed by atoms with Gasteiger partial charge in [0.25, 0.3) is 0 Å². The Morgan fingerprint density at radius 1 is 1.29 bits per heavy atom. The molecule has 0 saturated carbocycles. The molecule has 0 spiro atoms. The van der Waals surface area contributed by atoms with Gasteiger partial charge in [-0.25, -0.2) is 4.39 Å². The minimum atomic E-state index is -0.801. The van der Waals surface area contributed by atoms with E-state index in [1.54, 1.807) is 18.2 Å². The summed E-state index contributed by atoms with van der Waals surface area (Å²) >= 11 is 0. The summed E-state index contributed by atoms with van der Waals surface area (Å²) in [6.45, 7) is 1.39. The predicted octanol–water partition coefficient (Wildman–Crippen LogP) is 2.40. The van der Waals surface area contributed by atoms with E-state index < -0.39 is 6.10 Å². The molecule has 0 amide bonds. The Hall–Kier alpha value is -0.970. The maximum atomic E-state index is 13.4. The van der Waals surface area contributed by atoms with Crippen LogP contribution in [0.1, 0.15) is 30.9 Å². The van der Waals surface area contributed by atoms with Gasteiger partial charge < -0.3 is 14.6 Å². The van der Waals surface area contributed by atoms with E-state index in [0.717, 1.165) is 6.42 Å². The van der Waals surface area contributed by atoms with Crippen molar-refractivity contribution < 1.29 is 19.0 Å². The highest BCUT2D eigenvalue weighted by molar-refractivity contribution is 5.19. The zero-order valence-electron chi connectivity index (χ0n) is 9.64. The van der Waals surface area contributed by atoms with Crippen LogP contribution in [0.15, 0.2) is 24.3 Å². The highest BCUT2D eigenvalue weighted by Crippen LogP contribution is 2.23. The second-order valence-corrected chi connectivity index (χ2v) is 4.14. The zero-order valence-corrected chi connectivity index (χ0v) is 9.64. The van der Waals surface area contributed by atoms with Crippen molar-refractivity contribution in [3.63, 3.8) is 0 Å². The van der Waals surface area contributed by atoms with Crippen LogP contribution in [0, 0.1) is 5.82 Å². The van der Waals surface area contributed by atoms with E-state index in [1.807, 2.05) is 0 Å². The minimum absolute atomic E-state index is 0.259. The molecule has 0 unspecified atom stereocenters. The van der Waals surface area contributed by atoms with Crippen molar-refractivity contribution in [2.45, 2.75) is 31.7 Å². The molecule has 1 aromatic rings. The van der Waals surface area contributed by atoms with Crippen LogP contribution in [0.3, 0.4) is 0 Å². The van der Waals surface area contributed by atoms with Crippen LogP contribution in [-0.2, 0) is 9.47 Å². The highest BCUT2D eigenvalue weighted by atomic mass is 19.1. The average Bonchev–Trinajstić information content (AvgIpc) is 2.38. The molecule has 4 heteroatoms. The van der Waals surface area contributed by atoms with E-state index in [4.69, 9.17) is 9.47 Å². The fraction of sp³-hybridized carbons (Fsp3) is 0.538. The molecule has 94 valence electrons. The van der Waals surface area contributed by atoms with Crippen LogP contribution in [0.4, 0.5) is 4.39 Å². The summed E-state index contributed by atoms with van der Waals surface area (Å²) in [5.74, 6) is -0.370. The largest absolute Gasteiger partial charge is 0.388 e. The number of ether oxygens (including phenoxy) is 2. The molecule has 1 atom stereocenters. The van der Waals surface area contributed by atoms with Gasteiger partial charge in [0, 0.05) is 12.0 Å². The molecule has 2 rings (SSSR count). The van der Waals surface area contributed by atoms with Gasteiger partial charge in [-0.05, 0) is 18.9 Å². The average molecular weight is 240 g/mol. The number of hydrogen-bond acceptors (Lipinski definition) is 3. The lowest BCUT2D eigenvalue weighted by Gasteiger charge is -2.24. The molecular formula is C13H17FO3. The van der Waals surface area contributed by atoms with Gasteiger partial charge in [-0.2, -0.15) is 0 Å². The predicted molar refractivity (Wildman–Crippen MR) is 60.9 cm³/mol. The molecular weight excluding hydrogens is 223 g/mol. The Morgan fingerprint density at radius 2 is 2.00 bits per heavy atom. The molecule has 1 heterocycles. The van der Waals surface area contributed by atoms with Crippen LogP contribution < -0.4 is 0 Å². The molecule has 1 fully saturated rings. The number of aliphatic hydroxyl groups is 1. The van der Waals surface area contributed by atoms with Gasteiger partial charge in [-0.15, -0.1) is 0 Å². The SMILES string of the molecule is O[C@H](CCC1OCCCO1)c1ccccc1F. The van der Waals surface area contributed by atoms with Crippen molar-refractivity contribution in [3.05, 3.63) is 35.6 Å². The third-order valence-corrected chi connectivity index (χ3v) is 2.84. The van der Waals surface area contributed by atoms with Gasteiger partial charge in [-0.1, -0.05) is 18.2 Å². The first kappa shape index (κ1) is 12.5. The first-order valence-electron chi connectivity index (χ1n) is 5.93. The maximum Gasteiger partial charge on any atom is 0.157 e. The summed E-state index contributed by atoms with van der Waals surface area (Å²) in [4.78, 5) is 0. The van der Waals surface area contributed by atoms with Gasteiger partial charge in [0.2, 0.25) is 0 Å². The molecule has 0 aromatic heterocycles. The van der Waals surface area contributed by atoms with Gasteiger partial charge in [0.1, 0.15) is 5.82 Å². The van der Waals surface area contributed by atoms with E-state index in [1.165, 1.54) is 6.07 Å². The summed E-state index contributed by atoms with van der Waals surface area (Å²) in [6, 6.07) is 6.28. The van der Waals surface area contributed by atoms with E-state index in [-0.39, 0.29) is 12.1 Å². The van der Waals surface area contributed by atoms with Gasteiger partial charge in [-0.3, -0.25) is 0 Å². The van der Waals surface area contributed by atoms with E-state index in [2.05, 4.69) is 0 Å². The van der Waals surface area contributed by atoms with Gasteiger partial charge in [0.05, 0.1) is 19.3 Å². The summed E-state index contributed by atoms with van der Waals surface area (Å²) in [6.07, 6.45) is 0.864. The van der Waals surface area contributed by atoms with E-state index in [9.17, 15) is 9.50 Å². The maximum absolute atomic E-state index is 13.4. The summed E-state index contributed by atoms with van der Waals surface area (Å²) in [7, 11) is 0. The first-order valence-corrected chi connectivity index (χ1v) is 5.93. The number of hydrogen-bond donors (Lipinski definition) is 1. The van der Waals surface area contributed by atoms with Gasteiger partial charge >= 0.3 is 0 Å². The first-order chi connectivity index (χ1) is 8.27. The van der Waals surface area contributed by atoms with Crippen LogP contribution in [0.25, 0.3) is 0 Å². The second-order valence-electron chi connectivity index (χ2n) is 4.14. The Morgan fingerprint density at radius 3 is 2.71 bits per heavy atom. The number of halogens is 1. The van der Waals surface area contributed by atoms with Crippen molar-refractivity contribution in [2.24, 2.45) is 0 Å². The molecule has 0 bridgehead atoms. The molecule has 0 radical (unpaired) electrons. The lowest BCUT2D eigenvalue weighted by molar-refractivity contribution is -0.183. The summed E-state index contributed by atoms with van der Waals surface area (Å²) < 4.78 is 24.1. The normalized spacial score (nSPS) is 19.2. The summed E-state index contributed by atoms with van der Waals surface area (Å²) in [5.41, 5.74) is 0.336. The number of rotatable bonds is 4. The molecule has 1 saturated heterocycles. The molecule has 1 aliphatic heterocycles. The Balaban J connectivity index is 1.84. The number of benzene rings is 1. The molecule has 0 aliphatic carbocycles. The highest BCUT2D eigenvalue weighted by Gasteiger charge is 2.18. The van der Waals surface area contributed by atoms with Crippen molar-refractivity contribution in [2.75, 3.05) is 13.2 Å². The Labute approximate surface area is 100 Å². The molecule has 1 aliphatic rings. The van der Waals surface area contributed by atoms with Crippen LogP contribution >= 0.6 is 0 Å². The lowest BCUT2D eigenvalue weighted by atomic mass is 10.0. The fourth-order valence-corrected chi connectivity index (χ4v) is 1.90. The minimum Gasteiger partial charge on any atom is -0.388 e.